The van der Waals surface area contributed by atoms with E-state index in [9.17, 15) is 19.2 Å². The second-order valence-corrected chi connectivity index (χ2v) is 10.7. The number of rotatable bonds is 17. The second kappa shape index (κ2) is 14.2. The van der Waals surface area contributed by atoms with Crippen LogP contribution in [0.2, 0.25) is 0 Å². The van der Waals surface area contributed by atoms with Crippen molar-refractivity contribution in [3.63, 3.8) is 0 Å². The molecule has 2 aliphatic rings. The van der Waals surface area contributed by atoms with Crippen LogP contribution >= 0.6 is 0 Å². The minimum Gasteiger partial charge on any atom is -0.379 e. The first-order valence-electron chi connectivity index (χ1n) is 14.9. The number of ether oxygens (including phenoxy) is 1. The molecule has 2 heterocycles. The Morgan fingerprint density at radius 2 is 1.22 bits per heavy atom. The van der Waals surface area contributed by atoms with Crippen LogP contribution in [0.3, 0.4) is 0 Å². The molecule has 4 rings (SSSR count). The molecule has 0 spiro atoms. The van der Waals surface area contributed by atoms with Crippen molar-refractivity contribution in [1.29, 1.82) is 0 Å². The maximum absolute atomic E-state index is 13.9. The van der Waals surface area contributed by atoms with E-state index >= 15 is 0 Å². The normalized spacial score (nSPS) is 14.4. The summed E-state index contributed by atoms with van der Waals surface area (Å²) in [6.45, 7) is 4.78. The zero-order valence-electron chi connectivity index (χ0n) is 24.1. The summed E-state index contributed by atoms with van der Waals surface area (Å²) in [6.07, 6.45) is 10.1. The summed E-state index contributed by atoms with van der Waals surface area (Å²) >= 11 is 0. The number of azide groups is 1. The van der Waals surface area contributed by atoms with E-state index in [0.29, 0.717) is 33.0 Å². The zero-order chi connectivity index (χ0) is 29.4. The zero-order valence-corrected chi connectivity index (χ0v) is 24.1. The molecule has 10 nitrogen and oxygen atoms in total. The SMILES string of the molecule is CCCCCCC(CCCCCC)N1C(=O)c2ccc3c4c(ccc(c24)C1=O)C(=O)N(CCOCCN=[N+]=[N-])C3=O. The van der Waals surface area contributed by atoms with E-state index in [1.807, 2.05) is 0 Å². The van der Waals surface area contributed by atoms with Gasteiger partial charge in [0, 0.05) is 50.5 Å². The first kappa shape index (κ1) is 30.2. The van der Waals surface area contributed by atoms with Gasteiger partial charge in [0.2, 0.25) is 0 Å². The van der Waals surface area contributed by atoms with Gasteiger partial charge >= 0.3 is 0 Å². The number of hydrogen-bond donors (Lipinski definition) is 0. The van der Waals surface area contributed by atoms with E-state index in [2.05, 4.69) is 23.9 Å². The van der Waals surface area contributed by atoms with E-state index in [1.165, 1.54) is 4.90 Å². The second-order valence-electron chi connectivity index (χ2n) is 10.7. The third-order valence-corrected chi connectivity index (χ3v) is 8.02. The molecule has 218 valence electrons. The average Bonchev–Trinajstić information content (AvgIpc) is 2.97. The van der Waals surface area contributed by atoms with Crippen LogP contribution in [-0.4, -0.2) is 65.8 Å². The van der Waals surface area contributed by atoms with Crippen molar-refractivity contribution in [2.24, 2.45) is 5.11 Å². The lowest BCUT2D eigenvalue weighted by molar-refractivity contribution is 0.0502. The molecular formula is C31H39N5O5. The molecule has 0 aromatic heterocycles. The molecule has 0 bridgehead atoms. The highest BCUT2D eigenvalue weighted by Crippen LogP contribution is 2.39. The predicted octanol–water partition coefficient (Wildman–Crippen LogP) is 6.67. The predicted molar refractivity (Wildman–Crippen MR) is 156 cm³/mol. The average molecular weight is 562 g/mol. The van der Waals surface area contributed by atoms with Gasteiger partial charge in [-0.15, -0.1) is 0 Å². The van der Waals surface area contributed by atoms with Gasteiger partial charge in [0.1, 0.15) is 0 Å². The van der Waals surface area contributed by atoms with E-state index in [0.717, 1.165) is 69.1 Å². The summed E-state index contributed by atoms with van der Waals surface area (Å²) in [5.41, 5.74) is 9.67. The molecule has 0 fully saturated rings. The Bertz CT molecular complexity index is 1280. The van der Waals surface area contributed by atoms with E-state index < -0.39 is 11.8 Å². The number of unbranched alkanes of at least 4 members (excludes halogenated alkanes) is 6. The lowest BCUT2D eigenvalue weighted by atomic mass is 9.85. The minimum absolute atomic E-state index is 0.0295. The van der Waals surface area contributed by atoms with Crippen molar-refractivity contribution >= 4 is 34.4 Å². The molecule has 2 aliphatic heterocycles. The summed E-state index contributed by atoms with van der Waals surface area (Å²) in [5.74, 6) is -1.68. The van der Waals surface area contributed by atoms with E-state index in [1.54, 1.807) is 24.3 Å². The molecule has 0 unspecified atom stereocenters. The number of hydrogen-bond acceptors (Lipinski definition) is 6. The fourth-order valence-corrected chi connectivity index (χ4v) is 5.90. The van der Waals surface area contributed by atoms with Crippen molar-refractivity contribution in [2.45, 2.75) is 84.1 Å². The van der Waals surface area contributed by atoms with Gasteiger partial charge in [0.05, 0.1) is 19.8 Å². The summed E-state index contributed by atoms with van der Waals surface area (Å²) in [4.78, 5) is 59.8. The number of amides is 4. The molecule has 0 aliphatic carbocycles. The lowest BCUT2D eigenvalue weighted by Crippen LogP contribution is -2.48. The van der Waals surface area contributed by atoms with Crippen LogP contribution in [0.25, 0.3) is 21.2 Å². The molecule has 2 aromatic carbocycles. The molecule has 0 N–H and O–H groups in total. The molecule has 4 amide bonds. The first-order valence-corrected chi connectivity index (χ1v) is 14.9. The Labute approximate surface area is 240 Å². The number of nitrogens with zero attached hydrogens (tertiary/aromatic N) is 5. The third kappa shape index (κ3) is 6.29. The Morgan fingerprint density at radius 3 is 1.68 bits per heavy atom. The fourth-order valence-electron chi connectivity index (χ4n) is 5.90. The highest BCUT2D eigenvalue weighted by molar-refractivity contribution is 6.33. The maximum Gasteiger partial charge on any atom is 0.261 e. The molecule has 0 saturated heterocycles. The van der Waals surface area contributed by atoms with Gasteiger partial charge in [-0.25, -0.2) is 0 Å². The number of carbonyl (C=O) groups excluding carboxylic acids is 4. The molecule has 0 atom stereocenters. The van der Waals surface area contributed by atoms with Gasteiger partial charge in [-0.2, -0.15) is 0 Å². The van der Waals surface area contributed by atoms with Crippen molar-refractivity contribution in [3.8, 4) is 0 Å². The van der Waals surface area contributed by atoms with Crippen molar-refractivity contribution in [2.75, 3.05) is 26.3 Å². The lowest BCUT2D eigenvalue weighted by Gasteiger charge is -2.36. The molecular weight excluding hydrogens is 522 g/mol. The van der Waals surface area contributed by atoms with Crippen molar-refractivity contribution in [3.05, 3.63) is 57.0 Å². The topological polar surface area (TPSA) is 133 Å². The van der Waals surface area contributed by atoms with Gasteiger partial charge in [0.25, 0.3) is 23.6 Å². The van der Waals surface area contributed by atoms with Crippen LogP contribution in [0.15, 0.2) is 29.4 Å². The maximum atomic E-state index is 13.9. The fraction of sp³-hybridized carbons (Fsp3) is 0.548. The number of imide groups is 2. The number of benzene rings is 2. The summed E-state index contributed by atoms with van der Waals surface area (Å²) in [5, 5.41) is 4.17. The van der Waals surface area contributed by atoms with Crippen LogP contribution in [-0.2, 0) is 4.74 Å². The quantitative estimate of drug-likeness (QED) is 0.0699. The molecule has 0 radical (unpaired) electrons. The Balaban J connectivity index is 1.62. The van der Waals surface area contributed by atoms with Gasteiger partial charge in [0.15, 0.2) is 0 Å². The first-order chi connectivity index (χ1) is 20.0. The summed E-state index contributed by atoms with van der Waals surface area (Å²) in [6, 6.07) is 6.26. The minimum atomic E-state index is -0.489. The molecule has 10 heteroatoms. The van der Waals surface area contributed by atoms with Crippen LogP contribution < -0.4 is 0 Å². The van der Waals surface area contributed by atoms with Crippen LogP contribution in [0, 0.1) is 0 Å². The third-order valence-electron chi connectivity index (χ3n) is 8.02. The Hall–Kier alpha value is -3.75. The van der Waals surface area contributed by atoms with Gasteiger partial charge in [-0.1, -0.05) is 70.3 Å². The number of carbonyl (C=O) groups is 4. The molecule has 2 aromatic rings. The Morgan fingerprint density at radius 1 is 0.732 bits per heavy atom. The highest BCUT2D eigenvalue weighted by Gasteiger charge is 2.41. The summed E-state index contributed by atoms with van der Waals surface area (Å²) in [7, 11) is 0. The van der Waals surface area contributed by atoms with Gasteiger partial charge in [-0.3, -0.25) is 29.0 Å². The van der Waals surface area contributed by atoms with Crippen molar-refractivity contribution < 1.29 is 23.9 Å². The highest BCUT2D eigenvalue weighted by atomic mass is 16.5. The van der Waals surface area contributed by atoms with Crippen LogP contribution in [0.5, 0.6) is 0 Å². The summed E-state index contributed by atoms with van der Waals surface area (Å²) < 4.78 is 5.40. The standard InChI is InChI=1S/C31H39N5O5/c1-3-5-7-9-11-21(12-10-8-6-4-2)36-30(39)24-15-13-22-26-23(14-16-25(27(24)26)31(36)40)29(38)35(28(22)37)18-20-41-19-17-33-34-32/h13-16,21H,3-12,17-20H2,1-2H3. The largest absolute Gasteiger partial charge is 0.379 e. The van der Waals surface area contributed by atoms with Crippen LogP contribution in [0.4, 0.5) is 0 Å². The van der Waals surface area contributed by atoms with Crippen LogP contribution in [0.1, 0.15) is 119 Å². The van der Waals surface area contributed by atoms with Gasteiger partial charge < -0.3 is 4.74 Å². The van der Waals surface area contributed by atoms with E-state index in [4.69, 9.17) is 10.3 Å². The monoisotopic (exact) mass is 561 g/mol. The molecule has 41 heavy (non-hydrogen) atoms. The molecule has 0 saturated carbocycles. The van der Waals surface area contributed by atoms with Gasteiger partial charge in [-0.05, 0) is 42.6 Å². The van der Waals surface area contributed by atoms with Crippen molar-refractivity contribution in [1.82, 2.24) is 9.80 Å². The Kier molecular flexibility index (Phi) is 10.5. The van der Waals surface area contributed by atoms with E-state index in [-0.39, 0.29) is 44.2 Å². The smallest absolute Gasteiger partial charge is 0.261 e.